The van der Waals surface area contributed by atoms with Crippen LogP contribution < -0.4 is 14.4 Å². The minimum absolute atomic E-state index is 0.231. The maximum Gasteiger partial charge on any atom is 0.308 e. The van der Waals surface area contributed by atoms with Crippen LogP contribution in [-0.2, 0) is 9.59 Å². The van der Waals surface area contributed by atoms with Crippen LogP contribution in [0.5, 0.6) is 11.6 Å². The Labute approximate surface area is 191 Å². The van der Waals surface area contributed by atoms with Crippen LogP contribution in [0.1, 0.15) is 25.6 Å². The largest absolute Gasteiger partial charge is 0.447 e. The Kier molecular flexibility index (Phi) is 5.92. The van der Waals surface area contributed by atoms with Crippen LogP contribution in [-0.4, -0.2) is 33.3 Å². The molecule has 10 heteroatoms. The monoisotopic (exact) mass is 500 g/mol. The number of hydrogen-bond acceptors (Lipinski definition) is 8. The SMILES string of the molecule is CSc1nnc2c(n1)O[C@H](c1cc(Br)ccc1OC(C)=O)N(C(C)=O)c1ccccc1-2. The summed E-state index contributed by atoms with van der Waals surface area (Å²) < 4.78 is 12.4. The molecule has 1 atom stereocenters. The van der Waals surface area contributed by atoms with Crippen molar-refractivity contribution in [2.24, 2.45) is 0 Å². The maximum absolute atomic E-state index is 12.9. The first-order valence-electron chi connectivity index (χ1n) is 9.21. The molecule has 3 aromatic rings. The number of amides is 1. The predicted octanol–water partition coefficient (Wildman–Crippen LogP) is 4.39. The molecule has 0 unspecified atom stereocenters. The minimum atomic E-state index is -0.960. The number of thioether (sulfide) groups is 1. The van der Waals surface area contributed by atoms with Crippen molar-refractivity contribution < 1.29 is 19.1 Å². The molecule has 0 fully saturated rings. The van der Waals surface area contributed by atoms with Crippen LogP contribution in [0.3, 0.4) is 0 Å². The van der Waals surface area contributed by atoms with E-state index in [0.29, 0.717) is 27.7 Å². The first-order chi connectivity index (χ1) is 14.9. The number of rotatable bonds is 3. The van der Waals surface area contributed by atoms with Gasteiger partial charge in [-0.15, -0.1) is 10.2 Å². The van der Waals surface area contributed by atoms with Gasteiger partial charge in [0.2, 0.25) is 23.2 Å². The van der Waals surface area contributed by atoms with E-state index in [1.165, 1.54) is 30.5 Å². The Morgan fingerprint density at radius 2 is 1.94 bits per heavy atom. The summed E-state index contributed by atoms with van der Waals surface area (Å²) in [4.78, 5) is 30.5. The van der Waals surface area contributed by atoms with Crippen molar-refractivity contribution in [2.75, 3.05) is 11.2 Å². The van der Waals surface area contributed by atoms with Gasteiger partial charge in [-0.2, -0.15) is 4.98 Å². The van der Waals surface area contributed by atoms with Gasteiger partial charge in [0.05, 0.1) is 11.3 Å². The van der Waals surface area contributed by atoms with Gasteiger partial charge in [0.1, 0.15) is 5.75 Å². The summed E-state index contributed by atoms with van der Waals surface area (Å²) in [6, 6.07) is 12.4. The van der Waals surface area contributed by atoms with Gasteiger partial charge in [-0.1, -0.05) is 45.9 Å². The molecule has 1 aliphatic rings. The van der Waals surface area contributed by atoms with Crippen molar-refractivity contribution in [1.82, 2.24) is 15.2 Å². The summed E-state index contributed by atoms with van der Waals surface area (Å²) in [5.74, 6) is -0.243. The Bertz CT molecular complexity index is 1190. The van der Waals surface area contributed by atoms with Gasteiger partial charge in [0.25, 0.3) is 0 Å². The van der Waals surface area contributed by atoms with E-state index in [2.05, 4.69) is 31.1 Å². The lowest BCUT2D eigenvalue weighted by molar-refractivity contribution is -0.132. The van der Waals surface area contributed by atoms with Crippen LogP contribution in [0.15, 0.2) is 52.1 Å². The van der Waals surface area contributed by atoms with E-state index in [0.717, 1.165) is 4.47 Å². The van der Waals surface area contributed by atoms with Crippen LogP contribution in [0.2, 0.25) is 0 Å². The van der Waals surface area contributed by atoms with Crippen molar-refractivity contribution in [3.05, 3.63) is 52.5 Å². The second-order valence-electron chi connectivity index (χ2n) is 6.60. The molecule has 8 nitrogen and oxygen atoms in total. The third-order valence-electron chi connectivity index (χ3n) is 4.53. The van der Waals surface area contributed by atoms with E-state index in [1.807, 2.05) is 24.5 Å². The summed E-state index contributed by atoms with van der Waals surface area (Å²) in [6.07, 6.45) is 0.874. The number of anilines is 1. The van der Waals surface area contributed by atoms with Crippen LogP contribution in [0.4, 0.5) is 5.69 Å². The van der Waals surface area contributed by atoms with Gasteiger partial charge in [0, 0.05) is 23.9 Å². The van der Waals surface area contributed by atoms with Crippen LogP contribution in [0.25, 0.3) is 11.3 Å². The second kappa shape index (κ2) is 8.64. The number of esters is 1. The Morgan fingerprint density at radius 1 is 1.16 bits per heavy atom. The second-order valence-corrected chi connectivity index (χ2v) is 8.29. The van der Waals surface area contributed by atoms with Crippen molar-refractivity contribution in [2.45, 2.75) is 25.2 Å². The molecule has 0 saturated carbocycles. The summed E-state index contributed by atoms with van der Waals surface area (Å²) in [7, 11) is 0. The average molecular weight is 501 g/mol. The first kappa shape index (κ1) is 21.3. The zero-order valence-corrected chi connectivity index (χ0v) is 19.2. The van der Waals surface area contributed by atoms with E-state index in [1.54, 1.807) is 24.3 Å². The molecule has 2 heterocycles. The molecular formula is C21H17BrN4O4S. The topological polar surface area (TPSA) is 94.5 Å². The fourth-order valence-electron chi connectivity index (χ4n) is 3.30. The zero-order valence-electron chi connectivity index (χ0n) is 16.8. The van der Waals surface area contributed by atoms with Gasteiger partial charge in [-0.3, -0.25) is 14.5 Å². The van der Waals surface area contributed by atoms with Gasteiger partial charge in [-0.25, -0.2) is 0 Å². The van der Waals surface area contributed by atoms with Crippen LogP contribution >= 0.6 is 27.7 Å². The molecule has 4 rings (SSSR count). The number of halogens is 1. The van der Waals surface area contributed by atoms with E-state index >= 15 is 0 Å². The number of fused-ring (bicyclic) bond motifs is 3. The quantitative estimate of drug-likeness (QED) is 0.296. The predicted molar refractivity (Wildman–Crippen MR) is 119 cm³/mol. The van der Waals surface area contributed by atoms with Gasteiger partial charge < -0.3 is 9.47 Å². The molecule has 31 heavy (non-hydrogen) atoms. The van der Waals surface area contributed by atoms with Gasteiger partial charge in [-0.05, 0) is 30.5 Å². The average Bonchev–Trinajstić information content (AvgIpc) is 2.88. The summed E-state index contributed by atoms with van der Waals surface area (Å²) in [5, 5.41) is 8.87. The van der Waals surface area contributed by atoms with Gasteiger partial charge >= 0.3 is 5.97 Å². The molecule has 2 aromatic carbocycles. The number of ether oxygens (including phenoxy) is 2. The molecular weight excluding hydrogens is 484 g/mol. The Hall–Kier alpha value is -2.98. The Balaban J connectivity index is 1.99. The highest BCUT2D eigenvalue weighted by molar-refractivity contribution is 9.10. The first-order valence-corrected chi connectivity index (χ1v) is 11.2. The maximum atomic E-state index is 12.9. The summed E-state index contributed by atoms with van der Waals surface area (Å²) in [5.41, 5.74) is 2.14. The Morgan fingerprint density at radius 3 is 2.65 bits per heavy atom. The van der Waals surface area contributed by atoms with E-state index in [4.69, 9.17) is 9.47 Å². The van der Waals surface area contributed by atoms with Crippen molar-refractivity contribution >= 4 is 45.3 Å². The highest BCUT2D eigenvalue weighted by Gasteiger charge is 2.36. The summed E-state index contributed by atoms with van der Waals surface area (Å²) in [6.45, 7) is 2.76. The highest BCUT2D eigenvalue weighted by atomic mass is 79.9. The standard InChI is InChI=1S/C21H17BrN4O4S/c1-11(27)26-16-7-5-4-6-14(16)18-19(23-21(31-3)25-24-18)30-20(26)15-10-13(22)8-9-17(15)29-12(2)28/h4-10,20H,1-3H3/t20-/m1/s1. The zero-order chi connectivity index (χ0) is 22.1. The third kappa shape index (κ3) is 4.13. The van der Waals surface area contributed by atoms with E-state index in [9.17, 15) is 9.59 Å². The summed E-state index contributed by atoms with van der Waals surface area (Å²) >= 11 is 4.78. The number of carbonyl (C=O) groups excluding carboxylic acids is 2. The normalized spacial score (nSPS) is 14.7. The minimum Gasteiger partial charge on any atom is -0.447 e. The smallest absolute Gasteiger partial charge is 0.308 e. The van der Waals surface area contributed by atoms with Crippen molar-refractivity contribution in [1.29, 1.82) is 0 Å². The fraction of sp³-hybridized carbons (Fsp3) is 0.190. The highest BCUT2D eigenvalue weighted by Crippen LogP contribution is 2.45. The number of aromatic nitrogens is 3. The molecule has 0 spiro atoms. The molecule has 158 valence electrons. The fourth-order valence-corrected chi connectivity index (χ4v) is 3.98. The van der Waals surface area contributed by atoms with Crippen LogP contribution in [0, 0.1) is 0 Å². The lowest BCUT2D eigenvalue weighted by Gasteiger charge is -2.30. The molecule has 1 aliphatic heterocycles. The van der Waals surface area contributed by atoms with E-state index in [-0.39, 0.29) is 17.5 Å². The number of nitrogens with zero attached hydrogens (tertiary/aromatic N) is 4. The van der Waals surface area contributed by atoms with Gasteiger partial charge in [0.15, 0.2) is 5.69 Å². The molecule has 1 aromatic heterocycles. The number of carbonyl (C=O) groups is 2. The number of benzene rings is 2. The molecule has 0 bridgehead atoms. The molecule has 0 saturated heterocycles. The number of hydrogen-bond donors (Lipinski definition) is 0. The molecule has 0 radical (unpaired) electrons. The third-order valence-corrected chi connectivity index (χ3v) is 5.56. The lowest BCUT2D eigenvalue weighted by Crippen LogP contribution is -2.36. The molecule has 0 N–H and O–H groups in total. The molecule has 0 aliphatic carbocycles. The molecule has 1 amide bonds. The van der Waals surface area contributed by atoms with Crippen molar-refractivity contribution in [3.8, 4) is 22.9 Å². The lowest BCUT2D eigenvalue weighted by atomic mass is 10.1. The van der Waals surface area contributed by atoms with E-state index < -0.39 is 12.2 Å². The van der Waals surface area contributed by atoms with Crippen molar-refractivity contribution in [3.63, 3.8) is 0 Å². The number of para-hydroxylation sites is 1.